The molecule has 1 unspecified atom stereocenters. The highest BCUT2D eigenvalue weighted by Crippen LogP contribution is 2.24. The first kappa shape index (κ1) is 15.0. The van der Waals surface area contributed by atoms with Crippen molar-refractivity contribution >= 4 is 11.6 Å². The monoisotopic (exact) mass is 295 g/mol. The minimum atomic E-state index is -0.307. The molecule has 108 valence electrons. The van der Waals surface area contributed by atoms with Crippen LogP contribution in [0.1, 0.15) is 30.5 Å². The summed E-state index contributed by atoms with van der Waals surface area (Å²) in [7, 11) is 1.89. The van der Waals surface area contributed by atoms with Gasteiger partial charge in [-0.1, -0.05) is 24.6 Å². The predicted molar refractivity (Wildman–Crippen MR) is 79.4 cm³/mol. The Morgan fingerprint density at radius 3 is 2.85 bits per heavy atom. The third-order valence-electron chi connectivity index (χ3n) is 3.21. The minimum absolute atomic E-state index is 0.131. The van der Waals surface area contributed by atoms with Crippen LogP contribution in [0.15, 0.2) is 30.6 Å². The first-order valence-corrected chi connectivity index (χ1v) is 7.13. The molecular weight excluding hydrogens is 277 g/mol. The summed E-state index contributed by atoms with van der Waals surface area (Å²) in [5.74, 6) is -0.307. The van der Waals surface area contributed by atoms with Crippen LogP contribution in [0.3, 0.4) is 0 Å². The second kappa shape index (κ2) is 6.86. The van der Waals surface area contributed by atoms with E-state index in [9.17, 15) is 4.39 Å². The summed E-state index contributed by atoms with van der Waals surface area (Å²) >= 11 is 6.11. The lowest BCUT2D eigenvalue weighted by Crippen LogP contribution is -2.24. The average molecular weight is 296 g/mol. The summed E-state index contributed by atoms with van der Waals surface area (Å²) in [6, 6.07) is 4.68. The molecule has 5 heteroatoms. The number of benzene rings is 1. The van der Waals surface area contributed by atoms with E-state index in [1.165, 1.54) is 12.1 Å². The molecule has 1 heterocycles. The Kier molecular flexibility index (Phi) is 5.15. The molecule has 0 amide bonds. The van der Waals surface area contributed by atoms with Crippen LogP contribution in [0.4, 0.5) is 4.39 Å². The zero-order valence-corrected chi connectivity index (χ0v) is 12.5. The highest BCUT2D eigenvalue weighted by atomic mass is 35.5. The van der Waals surface area contributed by atoms with E-state index in [4.69, 9.17) is 11.6 Å². The Balaban J connectivity index is 2.18. The normalized spacial score (nSPS) is 12.6. The molecule has 0 saturated carbocycles. The van der Waals surface area contributed by atoms with E-state index >= 15 is 0 Å². The van der Waals surface area contributed by atoms with E-state index in [0.717, 1.165) is 24.1 Å². The molecule has 1 N–H and O–H groups in total. The van der Waals surface area contributed by atoms with E-state index < -0.39 is 0 Å². The molecule has 0 radical (unpaired) electrons. The van der Waals surface area contributed by atoms with Crippen LogP contribution in [-0.2, 0) is 13.5 Å². The molecule has 0 fully saturated rings. The second-order valence-electron chi connectivity index (χ2n) is 4.89. The van der Waals surface area contributed by atoms with Crippen molar-refractivity contribution in [1.29, 1.82) is 0 Å². The molecule has 2 aromatic rings. The van der Waals surface area contributed by atoms with Gasteiger partial charge in [0.1, 0.15) is 5.82 Å². The van der Waals surface area contributed by atoms with Gasteiger partial charge in [-0.2, -0.15) is 5.10 Å². The molecule has 0 aliphatic carbocycles. The van der Waals surface area contributed by atoms with E-state index in [0.29, 0.717) is 11.4 Å². The zero-order chi connectivity index (χ0) is 14.5. The van der Waals surface area contributed by atoms with Gasteiger partial charge in [-0.15, -0.1) is 0 Å². The summed E-state index contributed by atoms with van der Waals surface area (Å²) in [6.45, 7) is 3.04. The van der Waals surface area contributed by atoms with Crippen molar-refractivity contribution in [1.82, 2.24) is 15.1 Å². The largest absolute Gasteiger partial charge is 0.310 e. The lowest BCUT2D eigenvalue weighted by molar-refractivity contribution is 0.528. The number of hydrogen-bond donors (Lipinski definition) is 1. The van der Waals surface area contributed by atoms with Crippen molar-refractivity contribution in [3.8, 4) is 0 Å². The molecule has 0 aliphatic heterocycles. The van der Waals surface area contributed by atoms with Gasteiger partial charge in [0.05, 0.1) is 6.20 Å². The molecule has 0 spiro atoms. The molecule has 20 heavy (non-hydrogen) atoms. The minimum Gasteiger partial charge on any atom is -0.310 e. The smallest absolute Gasteiger partial charge is 0.124 e. The number of halogens is 2. The van der Waals surface area contributed by atoms with Gasteiger partial charge in [0.15, 0.2) is 0 Å². The Bertz CT molecular complexity index is 568. The van der Waals surface area contributed by atoms with Crippen LogP contribution in [-0.4, -0.2) is 16.3 Å². The molecule has 0 bridgehead atoms. The quantitative estimate of drug-likeness (QED) is 0.884. The highest BCUT2D eigenvalue weighted by Gasteiger charge is 2.15. The van der Waals surface area contributed by atoms with Crippen molar-refractivity contribution in [2.75, 3.05) is 6.54 Å². The number of aromatic nitrogens is 2. The van der Waals surface area contributed by atoms with E-state index in [2.05, 4.69) is 17.3 Å². The maximum atomic E-state index is 13.1. The third kappa shape index (κ3) is 3.81. The number of nitrogens with zero attached hydrogens (tertiary/aromatic N) is 2. The van der Waals surface area contributed by atoms with Crippen LogP contribution in [0, 0.1) is 5.82 Å². The summed E-state index contributed by atoms with van der Waals surface area (Å²) in [5.41, 5.74) is 2.05. The second-order valence-corrected chi connectivity index (χ2v) is 5.30. The lowest BCUT2D eigenvalue weighted by atomic mass is 10.0. The Hall–Kier alpha value is -1.39. The van der Waals surface area contributed by atoms with Gasteiger partial charge in [0.25, 0.3) is 0 Å². The van der Waals surface area contributed by atoms with Gasteiger partial charge in [-0.05, 0) is 37.1 Å². The molecule has 3 nitrogen and oxygen atoms in total. The molecule has 0 saturated heterocycles. The molecule has 1 atom stereocenters. The van der Waals surface area contributed by atoms with Crippen LogP contribution in [0.2, 0.25) is 5.02 Å². The number of aryl methyl sites for hydroxylation is 1. The van der Waals surface area contributed by atoms with E-state index in [-0.39, 0.29) is 11.9 Å². The van der Waals surface area contributed by atoms with Gasteiger partial charge in [-0.25, -0.2) is 4.39 Å². The van der Waals surface area contributed by atoms with Crippen molar-refractivity contribution in [2.24, 2.45) is 7.05 Å². The van der Waals surface area contributed by atoms with Crippen molar-refractivity contribution in [2.45, 2.75) is 25.8 Å². The van der Waals surface area contributed by atoms with Gasteiger partial charge >= 0.3 is 0 Å². The summed E-state index contributed by atoms with van der Waals surface area (Å²) in [6.07, 6.45) is 5.61. The Morgan fingerprint density at radius 2 is 2.25 bits per heavy atom. The predicted octanol–water partition coefficient (Wildman–Crippen LogP) is 3.50. The van der Waals surface area contributed by atoms with Gasteiger partial charge in [0.2, 0.25) is 0 Å². The summed E-state index contributed by atoms with van der Waals surface area (Å²) in [4.78, 5) is 0. The lowest BCUT2D eigenvalue weighted by Gasteiger charge is -2.18. The molecule has 2 rings (SSSR count). The molecule has 1 aromatic carbocycles. The molecular formula is C15H19ClFN3. The summed E-state index contributed by atoms with van der Waals surface area (Å²) < 4.78 is 14.9. The number of nitrogens with one attached hydrogen (secondary N) is 1. The standard InChI is InChI=1S/C15H19ClFN3/c1-3-6-18-15(12-9-19-20(2)10-12)7-11-4-5-13(17)8-14(11)16/h4-5,8-10,15,18H,3,6-7H2,1-2H3. The number of rotatable bonds is 6. The highest BCUT2D eigenvalue weighted by molar-refractivity contribution is 6.31. The fraction of sp³-hybridized carbons (Fsp3) is 0.400. The van der Waals surface area contributed by atoms with Crippen LogP contribution >= 0.6 is 11.6 Å². The zero-order valence-electron chi connectivity index (χ0n) is 11.7. The molecule has 0 aliphatic rings. The Morgan fingerprint density at radius 1 is 1.45 bits per heavy atom. The van der Waals surface area contributed by atoms with Crippen LogP contribution in [0.25, 0.3) is 0 Å². The van der Waals surface area contributed by atoms with Gasteiger partial charge in [-0.3, -0.25) is 4.68 Å². The van der Waals surface area contributed by atoms with Crippen molar-refractivity contribution < 1.29 is 4.39 Å². The van der Waals surface area contributed by atoms with Crippen molar-refractivity contribution in [3.63, 3.8) is 0 Å². The molecule has 1 aromatic heterocycles. The van der Waals surface area contributed by atoms with E-state index in [1.807, 2.05) is 19.4 Å². The topological polar surface area (TPSA) is 29.9 Å². The maximum Gasteiger partial charge on any atom is 0.124 e. The van der Waals surface area contributed by atoms with Crippen LogP contribution < -0.4 is 5.32 Å². The van der Waals surface area contributed by atoms with Crippen molar-refractivity contribution in [3.05, 3.63) is 52.6 Å². The third-order valence-corrected chi connectivity index (χ3v) is 3.56. The van der Waals surface area contributed by atoms with Gasteiger partial charge in [0, 0.05) is 29.9 Å². The first-order chi connectivity index (χ1) is 9.60. The fourth-order valence-electron chi connectivity index (χ4n) is 2.15. The Labute approximate surface area is 123 Å². The van der Waals surface area contributed by atoms with E-state index in [1.54, 1.807) is 10.7 Å². The fourth-order valence-corrected chi connectivity index (χ4v) is 2.40. The van der Waals surface area contributed by atoms with Gasteiger partial charge < -0.3 is 5.32 Å². The SMILES string of the molecule is CCCNC(Cc1ccc(F)cc1Cl)c1cnn(C)c1. The maximum absolute atomic E-state index is 13.1. The summed E-state index contributed by atoms with van der Waals surface area (Å²) in [5, 5.41) is 8.16. The first-order valence-electron chi connectivity index (χ1n) is 6.76. The van der Waals surface area contributed by atoms with Crippen LogP contribution in [0.5, 0.6) is 0 Å². The number of hydrogen-bond acceptors (Lipinski definition) is 2. The average Bonchev–Trinajstić information content (AvgIpc) is 2.83.